The number of rotatable bonds is 10. The molecule has 0 saturated heterocycles. The smallest absolute Gasteiger partial charge is 0.321 e. The van der Waals surface area contributed by atoms with Crippen molar-refractivity contribution in [2.24, 2.45) is 0 Å². The Morgan fingerprint density at radius 2 is 1.50 bits per heavy atom. The molecule has 3 heteroatoms. The standard InChI is InChI=1S/C11H25O2Si/c1-4-7-9-12-14(11-6-3)13-10-8-5-2/h14H,3-11H2,1-2H3. The molecule has 0 aromatic carbocycles. The van der Waals surface area contributed by atoms with Gasteiger partial charge in [-0.3, -0.25) is 0 Å². The van der Waals surface area contributed by atoms with E-state index in [0.717, 1.165) is 38.5 Å². The largest absolute Gasteiger partial charge is 0.397 e. The third-order valence-electron chi connectivity index (χ3n) is 2.04. The van der Waals surface area contributed by atoms with Crippen molar-refractivity contribution in [2.75, 3.05) is 13.2 Å². The average molecular weight is 217 g/mol. The van der Waals surface area contributed by atoms with Crippen molar-refractivity contribution in [2.45, 2.75) is 52.0 Å². The molecule has 0 aliphatic rings. The van der Waals surface area contributed by atoms with Crippen LogP contribution in [0.2, 0.25) is 6.04 Å². The highest BCUT2D eigenvalue weighted by molar-refractivity contribution is 6.44. The van der Waals surface area contributed by atoms with E-state index in [1.807, 2.05) is 0 Å². The van der Waals surface area contributed by atoms with Crippen molar-refractivity contribution in [1.82, 2.24) is 0 Å². The first-order valence-corrected chi connectivity index (χ1v) is 7.63. The van der Waals surface area contributed by atoms with Crippen LogP contribution >= 0.6 is 0 Å². The molecule has 14 heavy (non-hydrogen) atoms. The Balaban J connectivity index is 3.44. The lowest BCUT2D eigenvalue weighted by Crippen LogP contribution is -2.23. The van der Waals surface area contributed by atoms with Gasteiger partial charge in [-0.15, -0.1) is 0 Å². The van der Waals surface area contributed by atoms with Crippen LogP contribution in [-0.4, -0.2) is 22.5 Å². The first-order valence-electron chi connectivity index (χ1n) is 5.87. The minimum Gasteiger partial charge on any atom is -0.397 e. The van der Waals surface area contributed by atoms with Crippen LogP contribution < -0.4 is 0 Å². The molecular formula is C11H25O2Si. The quantitative estimate of drug-likeness (QED) is 0.413. The van der Waals surface area contributed by atoms with Crippen LogP contribution in [-0.2, 0) is 8.85 Å². The lowest BCUT2D eigenvalue weighted by atomic mass is 10.4. The second-order valence-electron chi connectivity index (χ2n) is 3.52. The van der Waals surface area contributed by atoms with Crippen molar-refractivity contribution in [1.29, 1.82) is 0 Å². The van der Waals surface area contributed by atoms with Crippen LogP contribution in [0.1, 0.15) is 46.0 Å². The minimum atomic E-state index is -1.36. The lowest BCUT2D eigenvalue weighted by molar-refractivity contribution is 0.191. The zero-order valence-electron chi connectivity index (χ0n) is 9.76. The molecule has 0 aliphatic carbocycles. The van der Waals surface area contributed by atoms with Gasteiger partial charge in [0, 0.05) is 13.2 Å². The maximum absolute atomic E-state index is 5.75. The van der Waals surface area contributed by atoms with E-state index in [-0.39, 0.29) is 0 Å². The lowest BCUT2D eigenvalue weighted by Gasteiger charge is -2.15. The molecule has 2 nitrogen and oxygen atoms in total. The Hall–Kier alpha value is 0.137. The van der Waals surface area contributed by atoms with Gasteiger partial charge in [-0.2, -0.15) is 0 Å². The van der Waals surface area contributed by atoms with Gasteiger partial charge in [-0.1, -0.05) is 40.0 Å². The zero-order chi connectivity index (χ0) is 10.6. The summed E-state index contributed by atoms with van der Waals surface area (Å²) < 4.78 is 11.5. The maximum atomic E-state index is 5.75. The molecule has 0 spiro atoms. The highest BCUT2D eigenvalue weighted by atomic mass is 28.3. The van der Waals surface area contributed by atoms with E-state index in [1.165, 1.54) is 12.8 Å². The van der Waals surface area contributed by atoms with Crippen LogP contribution in [0, 0.1) is 6.92 Å². The summed E-state index contributed by atoms with van der Waals surface area (Å²) in [7, 11) is -1.36. The monoisotopic (exact) mass is 217 g/mol. The summed E-state index contributed by atoms with van der Waals surface area (Å²) >= 11 is 0. The molecule has 0 fully saturated rings. The Morgan fingerprint density at radius 1 is 1.00 bits per heavy atom. The van der Waals surface area contributed by atoms with E-state index in [1.54, 1.807) is 0 Å². The van der Waals surface area contributed by atoms with Crippen LogP contribution in [0.15, 0.2) is 0 Å². The topological polar surface area (TPSA) is 18.5 Å². The molecule has 0 atom stereocenters. The number of unbranched alkanes of at least 4 members (excludes halogenated alkanes) is 2. The number of hydrogen-bond acceptors (Lipinski definition) is 2. The van der Waals surface area contributed by atoms with E-state index in [9.17, 15) is 0 Å². The fourth-order valence-electron chi connectivity index (χ4n) is 1.10. The fraction of sp³-hybridized carbons (Fsp3) is 0.909. The summed E-state index contributed by atoms with van der Waals surface area (Å²) in [6, 6.07) is 1.05. The molecule has 0 N–H and O–H groups in total. The van der Waals surface area contributed by atoms with Gasteiger partial charge in [-0.25, -0.2) is 0 Å². The van der Waals surface area contributed by atoms with Crippen molar-refractivity contribution in [3.63, 3.8) is 0 Å². The molecule has 0 amide bonds. The Labute approximate surface area is 90.8 Å². The normalized spacial score (nSPS) is 11.1. The minimum absolute atomic E-state index is 0.875. The van der Waals surface area contributed by atoms with E-state index in [2.05, 4.69) is 20.8 Å². The Bertz CT molecular complexity index is 99.5. The van der Waals surface area contributed by atoms with Gasteiger partial charge < -0.3 is 8.85 Å². The molecule has 1 radical (unpaired) electrons. The molecule has 0 saturated carbocycles. The van der Waals surface area contributed by atoms with Gasteiger partial charge in [0.15, 0.2) is 0 Å². The number of hydrogen-bond donors (Lipinski definition) is 0. The maximum Gasteiger partial charge on any atom is 0.321 e. The van der Waals surface area contributed by atoms with Gasteiger partial charge in [0.2, 0.25) is 0 Å². The summed E-state index contributed by atoms with van der Waals surface area (Å²) in [4.78, 5) is 0. The molecule has 0 bridgehead atoms. The summed E-state index contributed by atoms with van der Waals surface area (Å²) in [6.07, 6.45) is 5.63. The van der Waals surface area contributed by atoms with Gasteiger partial charge >= 0.3 is 9.28 Å². The highest BCUT2D eigenvalue weighted by Crippen LogP contribution is 2.03. The molecule has 0 heterocycles. The molecule has 0 aromatic heterocycles. The molecular weight excluding hydrogens is 192 g/mol. The highest BCUT2D eigenvalue weighted by Gasteiger charge is 2.11. The molecule has 0 unspecified atom stereocenters. The Kier molecular flexibility index (Phi) is 11.3. The summed E-state index contributed by atoms with van der Waals surface area (Å²) in [5, 5.41) is 0. The zero-order valence-corrected chi connectivity index (χ0v) is 10.9. The van der Waals surface area contributed by atoms with Gasteiger partial charge in [0.1, 0.15) is 0 Å². The fourth-order valence-corrected chi connectivity index (χ4v) is 2.72. The van der Waals surface area contributed by atoms with Crippen molar-refractivity contribution < 1.29 is 8.85 Å². The molecule has 85 valence electrons. The van der Waals surface area contributed by atoms with Crippen LogP contribution in [0.3, 0.4) is 0 Å². The predicted molar refractivity (Wildman–Crippen MR) is 63.7 cm³/mol. The molecule has 0 aliphatic heterocycles. The van der Waals surface area contributed by atoms with Gasteiger partial charge in [0.05, 0.1) is 0 Å². The van der Waals surface area contributed by atoms with Gasteiger partial charge in [-0.05, 0) is 18.9 Å². The van der Waals surface area contributed by atoms with Crippen LogP contribution in [0.5, 0.6) is 0 Å². The predicted octanol–water partition coefficient (Wildman–Crippen LogP) is 3.06. The first-order chi connectivity index (χ1) is 6.85. The molecule has 0 aromatic rings. The third kappa shape index (κ3) is 8.72. The second kappa shape index (κ2) is 11.2. The van der Waals surface area contributed by atoms with Crippen LogP contribution in [0.4, 0.5) is 0 Å². The van der Waals surface area contributed by atoms with E-state index >= 15 is 0 Å². The van der Waals surface area contributed by atoms with Crippen molar-refractivity contribution >= 4 is 9.28 Å². The SMILES string of the molecule is [CH2]CC[SiH](OCCCC)OCCCC. The van der Waals surface area contributed by atoms with Crippen LogP contribution in [0.25, 0.3) is 0 Å². The average Bonchev–Trinajstić information content (AvgIpc) is 2.18. The third-order valence-corrected chi connectivity index (χ3v) is 4.14. The second-order valence-corrected chi connectivity index (χ2v) is 5.62. The van der Waals surface area contributed by atoms with E-state index in [4.69, 9.17) is 8.85 Å². The van der Waals surface area contributed by atoms with E-state index < -0.39 is 9.28 Å². The summed E-state index contributed by atoms with van der Waals surface area (Å²) in [5.41, 5.74) is 0. The Morgan fingerprint density at radius 3 is 1.86 bits per heavy atom. The summed E-state index contributed by atoms with van der Waals surface area (Å²) in [6.45, 7) is 9.97. The molecule has 0 rings (SSSR count). The first kappa shape index (κ1) is 14.1. The van der Waals surface area contributed by atoms with Gasteiger partial charge in [0.25, 0.3) is 0 Å². The van der Waals surface area contributed by atoms with Crippen molar-refractivity contribution in [3.8, 4) is 0 Å². The van der Waals surface area contributed by atoms with Crippen molar-refractivity contribution in [3.05, 3.63) is 6.92 Å². The summed E-state index contributed by atoms with van der Waals surface area (Å²) in [5.74, 6) is 0. The van der Waals surface area contributed by atoms with E-state index in [0.29, 0.717) is 0 Å².